The van der Waals surface area contributed by atoms with E-state index in [0.29, 0.717) is 12.1 Å². The number of nitrogens with two attached hydrogens (primary N) is 1. The predicted octanol–water partition coefficient (Wildman–Crippen LogP) is 1.86. The van der Waals surface area contributed by atoms with Crippen LogP contribution in [-0.4, -0.2) is 54.5 Å². The minimum Gasteiger partial charge on any atom is -0.366 e. The van der Waals surface area contributed by atoms with Crippen molar-refractivity contribution in [2.45, 2.75) is 13.0 Å². The van der Waals surface area contributed by atoms with Crippen molar-refractivity contribution in [3.8, 4) is 0 Å². The van der Waals surface area contributed by atoms with Crippen molar-refractivity contribution in [3.05, 3.63) is 71.3 Å². The minimum atomic E-state index is -0.463. The lowest BCUT2D eigenvalue weighted by molar-refractivity contribution is 0.1000. The highest BCUT2D eigenvalue weighted by Gasteiger charge is 2.20. The number of piperazine rings is 1. The third-order valence-corrected chi connectivity index (χ3v) is 4.87. The maximum absolute atomic E-state index is 12.4. The Morgan fingerprint density at radius 2 is 1.63 bits per heavy atom. The monoisotopic (exact) mass is 366 g/mol. The first-order chi connectivity index (χ1) is 13.1. The number of hydrogen-bond acceptors (Lipinski definition) is 3. The highest BCUT2D eigenvalue weighted by molar-refractivity contribution is 5.92. The summed E-state index contributed by atoms with van der Waals surface area (Å²) in [5.41, 5.74) is 7.95. The number of primary amides is 1. The van der Waals surface area contributed by atoms with Crippen LogP contribution in [0.1, 0.15) is 21.5 Å². The van der Waals surface area contributed by atoms with E-state index in [0.717, 1.165) is 44.7 Å². The van der Waals surface area contributed by atoms with Gasteiger partial charge in [0.25, 0.3) is 0 Å². The van der Waals surface area contributed by atoms with Crippen LogP contribution in [0.2, 0.25) is 0 Å². The van der Waals surface area contributed by atoms with Gasteiger partial charge in [-0.2, -0.15) is 0 Å². The first kappa shape index (κ1) is 18.9. The zero-order valence-corrected chi connectivity index (χ0v) is 15.4. The summed E-state index contributed by atoms with van der Waals surface area (Å²) < 4.78 is 0. The van der Waals surface area contributed by atoms with Crippen LogP contribution in [0.15, 0.2) is 54.6 Å². The van der Waals surface area contributed by atoms with E-state index in [1.165, 1.54) is 5.56 Å². The molecule has 3 N–H and O–H groups in total. The zero-order chi connectivity index (χ0) is 19.1. The van der Waals surface area contributed by atoms with E-state index in [2.05, 4.69) is 34.5 Å². The van der Waals surface area contributed by atoms with Gasteiger partial charge in [0.05, 0.1) is 0 Å². The molecule has 0 bridgehead atoms. The molecule has 27 heavy (non-hydrogen) atoms. The Morgan fingerprint density at radius 1 is 0.926 bits per heavy atom. The SMILES string of the molecule is NC(=O)c1cccc(CNC(=O)N2CCN(CCc3ccccc3)CC2)c1. The van der Waals surface area contributed by atoms with Crippen LogP contribution in [0.25, 0.3) is 0 Å². The Balaban J connectivity index is 1.40. The van der Waals surface area contributed by atoms with Gasteiger partial charge in [0.15, 0.2) is 0 Å². The molecule has 0 aliphatic carbocycles. The fourth-order valence-electron chi connectivity index (χ4n) is 3.23. The first-order valence-electron chi connectivity index (χ1n) is 9.29. The molecular formula is C21H26N4O2. The summed E-state index contributed by atoms with van der Waals surface area (Å²) in [5, 5.41) is 2.92. The van der Waals surface area contributed by atoms with Gasteiger partial charge >= 0.3 is 6.03 Å². The van der Waals surface area contributed by atoms with E-state index >= 15 is 0 Å². The van der Waals surface area contributed by atoms with E-state index in [1.54, 1.807) is 18.2 Å². The largest absolute Gasteiger partial charge is 0.366 e. The molecule has 1 saturated heterocycles. The van der Waals surface area contributed by atoms with Gasteiger partial charge in [-0.25, -0.2) is 4.79 Å². The van der Waals surface area contributed by atoms with E-state index < -0.39 is 5.91 Å². The van der Waals surface area contributed by atoms with Gasteiger partial charge in [-0.05, 0) is 29.7 Å². The van der Waals surface area contributed by atoms with Crippen LogP contribution in [-0.2, 0) is 13.0 Å². The molecule has 0 unspecified atom stereocenters. The second kappa shape index (κ2) is 9.19. The number of carbonyl (C=O) groups excluding carboxylic acids is 2. The molecule has 0 spiro atoms. The summed E-state index contributed by atoms with van der Waals surface area (Å²) >= 11 is 0. The van der Waals surface area contributed by atoms with Crippen molar-refractivity contribution in [3.63, 3.8) is 0 Å². The van der Waals surface area contributed by atoms with Crippen LogP contribution < -0.4 is 11.1 Å². The van der Waals surface area contributed by atoms with Crippen molar-refractivity contribution in [1.29, 1.82) is 0 Å². The van der Waals surface area contributed by atoms with Gasteiger partial charge in [0.2, 0.25) is 5.91 Å². The van der Waals surface area contributed by atoms with Crippen LogP contribution in [0.5, 0.6) is 0 Å². The Kier molecular flexibility index (Phi) is 6.44. The predicted molar refractivity (Wildman–Crippen MR) is 105 cm³/mol. The summed E-state index contributed by atoms with van der Waals surface area (Å²) in [6.07, 6.45) is 1.03. The van der Waals surface area contributed by atoms with Gasteiger partial charge in [-0.3, -0.25) is 9.69 Å². The third-order valence-electron chi connectivity index (χ3n) is 4.87. The van der Waals surface area contributed by atoms with Gasteiger partial charge in [-0.1, -0.05) is 42.5 Å². The molecule has 0 atom stereocenters. The van der Waals surface area contributed by atoms with Crippen LogP contribution in [0, 0.1) is 0 Å². The number of benzene rings is 2. The molecule has 3 rings (SSSR count). The molecule has 0 aromatic heterocycles. The molecule has 142 valence electrons. The van der Waals surface area contributed by atoms with Crippen LogP contribution >= 0.6 is 0 Å². The van der Waals surface area contributed by atoms with Crippen molar-refractivity contribution in [2.75, 3.05) is 32.7 Å². The molecular weight excluding hydrogens is 340 g/mol. The molecule has 6 heteroatoms. The standard InChI is InChI=1S/C21H26N4O2/c22-20(26)19-8-4-7-18(15-19)16-23-21(27)25-13-11-24(12-14-25)10-9-17-5-2-1-3-6-17/h1-8,15H,9-14,16H2,(H2,22,26)(H,23,27). The highest BCUT2D eigenvalue weighted by Crippen LogP contribution is 2.07. The number of nitrogens with one attached hydrogen (secondary N) is 1. The van der Waals surface area contributed by atoms with Crippen molar-refractivity contribution >= 4 is 11.9 Å². The molecule has 2 aromatic rings. The quantitative estimate of drug-likeness (QED) is 0.819. The van der Waals surface area contributed by atoms with Crippen molar-refractivity contribution in [2.24, 2.45) is 5.73 Å². The molecule has 1 heterocycles. The number of amides is 3. The second-order valence-electron chi connectivity index (χ2n) is 6.79. The molecule has 0 radical (unpaired) electrons. The lowest BCUT2D eigenvalue weighted by Gasteiger charge is -2.34. The van der Waals surface area contributed by atoms with Crippen molar-refractivity contribution < 1.29 is 9.59 Å². The zero-order valence-electron chi connectivity index (χ0n) is 15.4. The first-order valence-corrected chi connectivity index (χ1v) is 9.29. The topological polar surface area (TPSA) is 78.7 Å². The molecule has 3 amide bonds. The van der Waals surface area contributed by atoms with Crippen molar-refractivity contribution in [1.82, 2.24) is 15.1 Å². The summed E-state index contributed by atoms with van der Waals surface area (Å²) in [6.45, 7) is 4.62. The normalized spacial score (nSPS) is 14.7. The van der Waals surface area contributed by atoms with E-state index in [4.69, 9.17) is 5.73 Å². The fourth-order valence-corrected chi connectivity index (χ4v) is 3.23. The van der Waals surface area contributed by atoms with Crippen LogP contribution in [0.3, 0.4) is 0 Å². The Labute approximate surface area is 159 Å². The van der Waals surface area contributed by atoms with Gasteiger partial charge < -0.3 is 16.0 Å². The molecule has 6 nitrogen and oxygen atoms in total. The van der Waals surface area contributed by atoms with Gasteiger partial charge in [-0.15, -0.1) is 0 Å². The van der Waals surface area contributed by atoms with Gasteiger partial charge in [0.1, 0.15) is 0 Å². The molecule has 0 saturated carbocycles. The lowest BCUT2D eigenvalue weighted by Crippen LogP contribution is -2.51. The Morgan fingerprint density at radius 3 is 2.33 bits per heavy atom. The number of rotatable bonds is 6. The van der Waals surface area contributed by atoms with E-state index in [1.807, 2.05) is 17.0 Å². The minimum absolute atomic E-state index is 0.0674. The Hall–Kier alpha value is -2.86. The summed E-state index contributed by atoms with van der Waals surface area (Å²) in [6, 6.07) is 17.4. The average Bonchev–Trinajstić information content (AvgIpc) is 2.72. The van der Waals surface area contributed by atoms with E-state index in [9.17, 15) is 9.59 Å². The number of nitrogens with zero attached hydrogens (tertiary/aromatic N) is 2. The number of urea groups is 1. The Bertz CT molecular complexity index is 771. The molecule has 1 fully saturated rings. The summed E-state index contributed by atoms with van der Waals surface area (Å²) in [4.78, 5) is 27.9. The molecule has 2 aromatic carbocycles. The summed E-state index contributed by atoms with van der Waals surface area (Å²) in [7, 11) is 0. The summed E-state index contributed by atoms with van der Waals surface area (Å²) in [5.74, 6) is -0.463. The molecule has 1 aliphatic heterocycles. The average molecular weight is 366 g/mol. The van der Waals surface area contributed by atoms with Gasteiger partial charge in [0, 0.05) is 44.8 Å². The molecule has 1 aliphatic rings. The van der Waals surface area contributed by atoms with Crippen LogP contribution in [0.4, 0.5) is 4.79 Å². The number of hydrogen-bond donors (Lipinski definition) is 2. The highest BCUT2D eigenvalue weighted by atomic mass is 16.2. The van der Waals surface area contributed by atoms with E-state index in [-0.39, 0.29) is 6.03 Å². The maximum atomic E-state index is 12.4. The number of carbonyl (C=O) groups is 2. The smallest absolute Gasteiger partial charge is 0.317 e. The fraction of sp³-hybridized carbons (Fsp3) is 0.333. The maximum Gasteiger partial charge on any atom is 0.317 e. The second-order valence-corrected chi connectivity index (χ2v) is 6.79. The third kappa shape index (κ3) is 5.56. The lowest BCUT2D eigenvalue weighted by atomic mass is 10.1.